The number of thiophene rings is 1. The summed E-state index contributed by atoms with van der Waals surface area (Å²) in [5.74, 6) is -1.74. The predicted octanol–water partition coefficient (Wildman–Crippen LogP) is 3.61. The Hall–Kier alpha value is -4.93. The molecular formula is C31H33N3O12PS2+. The molecule has 3 aromatic carbocycles. The number of nitrogens with one attached hydrogen (secondary N) is 3. The molecule has 4 aromatic rings. The predicted molar refractivity (Wildman–Crippen MR) is 179 cm³/mol. The second-order valence-corrected chi connectivity index (χ2v) is 14.4. The van der Waals surface area contributed by atoms with Gasteiger partial charge in [-0.15, -0.1) is 11.3 Å². The molecule has 0 radical (unpaired) electrons. The van der Waals surface area contributed by atoms with Crippen molar-refractivity contribution >= 4 is 41.2 Å². The molecule has 1 aromatic heterocycles. The Kier molecular flexibility index (Phi) is 12.8. The van der Waals surface area contributed by atoms with Crippen LogP contribution in [0.1, 0.15) is 33.6 Å². The molecule has 1 unspecified atom stereocenters. The molecule has 1 atom stereocenters. The van der Waals surface area contributed by atoms with Crippen LogP contribution in [-0.2, 0) is 14.6 Å². The van der Waals surface area contributed by atoms with E-state index < -0.39 is 47.7 Å². The number of amides is 2. The molecule has 0 aliphatic rings. The molecule has 15 nitrogen and oxygen atoms in total. The molecule has 0 aliphatic carbocycles. The molecule has 49 heavy (non-hydrogen) atoms. The smallest absolute Gasteiger partial charge is 0.504 e. The number of hydrogen-bond donors (Lipinski definition) is 8. The van der Waals surface area contributed by atoms with Crippen LogP contribution in [-0.4, -0.2) is 78.1 Å². The van der Waals surface area contributed by atoms with Crippen molar-refractivity contribution < 1.29 is 57.4 Å². The van der Waals surface area contributed by atoms with Gasteiger partial charge in [-0.3, -0.25) is 9.59 Å². The van der Waals surface area contributed by atoms with Crippen LogP contribution >= 0.6 is 19.4 Å². The first-order valence-electron chi connectivity index (χ1n) is 14.6. The first-order valence-corrected chi connectivity index (χ1v) is 18.3. The summed E-state index contributed by atoms with van der Waals surface area (Å²) in [6, 6.07) is 15.4. The minimum Gasteiger partial charge on any atom is -0.504 e. The molecule has 0 fully saturated rings. The van der Waals surface area contributed by atoms with E-state index in [1.54, 1.807) is 24.3 Å². The summed E-state index contributed by atoms with van der Waals surface area (Å²) in [5, 5.41) is 43.5. The number of sulfonamides is 1. The molecule has 0 saturated carbocycles. The lowest BCUT2D eigenvalue weighted by Gasteiger charge is -2.15. The van der Waals surface area contributed by atoms with Gasteiger partial charge < -0.3 is 40.5 Å². The lowest BCUT2D eigenvalue weighted by molar-refractivity contribution is 0.0942. The number of hydrogen-bond acceptors (Lipinski definition) is 12. The van der Waals surface area contributed by atoms with Crippen LogP contribution in [0.2, 0.25) is 0 Å². The number of carbonyl (C=O) groups excluding carboxylic acids is 2. The van der Waals surface area contributed by atoms with Gasteiger partial charge in [-0.05, 0) is 89.7 Å². The molecule has 260 valence electrons. The molecule has 2 amide bonds. The van der Waals surface area contributed by atoms with Crippen LogP contribution in [0.5, 0.6) is 34.5 Å². The number of benzene rings is 3. The van der Waals surface area contributed by atoms with Crippen LogP contribution < -0.4 is 24.8 Å². The van der Waals surface area contributed by atoms with Crippen molar-refractivity contribution in [1.82, 2.24) is 15.4 Å². The average molecular weight is 735 g/mol. The van der Waals surface area contributed by atoms with Gasteiger partial charge in [0.2, 0.25) is 6.29 Å². The summed E-state index contributed by atoms with van der Waals surface area (Å²) in [6.07, 6.45) is 0.156. The highest BCUT2D eigenvalue weighted by Gasteiger charge is 2.22. The molecule has 0 spiro atoms. The van der Waals surface area contributed by atoms with Gasteiger partial charge in [-0.1, -0.05) is 0 Å². The zero-order chi connectivity index (χ0) is 35.6. The first-order chi connectivity index (χ1) is 23.3. The van der Waals surface area contributed by atoms with E-state index in [-0.39, 0.29) is 53.1 Å². The highest BCUT2D eigenvalue weighted by Crippen LogP contribution is 2.37. The second kappa shape index (κ2) is 16.9. The van der Waals surface area contributed by atoms with Gasteiger partial charge in [0.25, 0.3) is 21.8 Å². The van der Waals surface area contributed by atoms with Crippen molar-refractivity contribution in [2.75, 3.05) is 32.6 Å². The van der Waals surface area contributed by atoms with Crippen molar-refractivity contribution in [2.24, 2.45) is 0 Å². The third-order valence-corrected chi connectivity index (χ3v) is 10.3. The second-order valence-electron chi connectivity index (χ2n) is 10.3. The SMILES string of the molecule is O=C(NCCCOc1ccc(-c2ccc(S(=O)(=O)NC[P+](=O)O)s2)cc1OCCCNC(=O)c1ccc(O)c(O)c1)c1ccc(O)c(O)c1. The van der Waals surface area contributed by atoms with E-state index in [0.717, 1.165) is 23.5 Å². The Morgan fingerprint density at radius 2 is 1.27 bits per heavy atom. The molecule has 8 N–H and O–H groups in total. The fourth-order valence-electron chi connectivity index (χ4n) is 4.17. The van der Waals surface area contributed by atoms with Crippen LogP contribution in [0, 0.1) is 0 Å². The normalized spacial score (nSPS) is 11.5. The zero-order valence-corrected chi connectivity index (χ0v) is 28.2. The number of carbonyl (C=O) groups is 2. The highest BCUT2D eigenvalue weighted by atomic mass is 32.2. The van der Waals surface area contributed by atoms with E-state index >= 15 is 0 Å². The number of phenols is 4. The number of rotatable bonds is 17. The monoisotopic (exact) mass is 734 g/mol. The summed E-state index contributed by atoms with van der Waals surface area (Å²) in [6.45, 7) is 0.766. The molecule has 1 heterocycles. The van der Waals surface area contributed by atoms with Gasteiger partial charge >= 0.3 is 8.03 Å². The van der Waals surface area contributed by atoms with Gasteiger partial charge in [0.05, 0.1) is 13.2 Å². The van der Waals surface area contributed by atoms with E-state index in [1.807, 2.05) is 0 Å². The average Bonchev–Trinajstić information content (AvgIpc) is 3.58. The van der Waals surface area contributed by atoms with Crippen LogP contribution in [0.25, 0.3) is 10.4 Å². The van der Waals surface area contributed by atoms with Crippen molar-refractivity contribution in [3.8, 4) is 44.9 Å². The fourth-order valence-corrected chi connectivity index (χ4v) is 7.30. The summed E-state index contributed by atoms with van der Waals surface area (Å²) in [4.78, 5) is 34.3. The van der Waals surface area contributed by atoms with Crippen molar-refractivity contribution in [3.63, 3.8) is 0 Å². The zero-order valence-electron chi connectivity index (χ0n) is 25.7. The number of ether oxygens (including phenoxy) is 2. The Bertz CT molecular complexity index is 1930. The highest BCUT2D eigenvalue weighted by molar-refractivity contribution is 7.91. The summed E-state index contributed by atoms with van der Waals surface area (Å²) in [7, 11) is -6.70. The van der Waals surface area contributed by atoms with Crippen molar-refractivity contribution in [1.29, 1.82) is 0 Å². The Morgan fingerprint density at radius 3 is 1.80 bits per heavy atom. The minimum atomic E-state index is -4.00. The Balaban J connectivity index is 1.38. The standard InChI is InChI=1S/C31H32N3O12PS2/c35-22-6-3-20(15-24(22)37)30(39)32-11-1-13-45-26-8-5-19(28-9-10-29(48-28)49(43,44)34-18-47(41)42)17-27(26)46-14-2-12-33-31(40)21-4-7-23(36)25(38)16-21/h3-10,15-17,34H,1-2,11-14,18H2,(H6-,32,33,35,36,37,38,39,40,41,42)/p+1. The fraction of sp³-hybridized carbons (Fsp3) is 0.226. The topological polar surface area (TPSA) is 241 Å². The maximum atomic E-state index is 12.5. The summed E-state index contributed by atoms with van der Waals surface area (Å²) in [5.41, 5.74) is 0.936. The Labute approximate surface area is 285 Å². The third kappa shape index (κ3) is 10.5. The van der Waals surface area contributed by atoms with E-state index in [4.69, 9.17) is 14.4 Å². The van der Waals surface area contributed by atoms with Crippen LogP contribution in [0.3, 0.4) is 0 Å². The summed E-state index contributed by atoms with van der Waals surface area (Å²) < 4.78 is 49.9. The van der Waals surface area contributed by atoms with Gasteiger partial charge in [0.1, 0.15) is 4.21 Å². The quantitative estimate of drug-likeness (QED) is 0.0441. The lowest BCUT2D eigenvalue weighted by atomic mass is 10.1. The van der Waals surface area contributed by atoms with Crippen LogP contribution in [0.15, 0.2) is 70.9 Å². The first kappa shape index (κ1) is 36.9. The number of aromatic hydroxyl groups is 4. The van der Waals surface area contributed by atoms with Crippen LogP contribution in [0.4, 0.5) is 0 Å². The summed E-state index contributed by atoms with van der Waals surface area (Å²) >= 11 is 0.947. The van der Waals surface area contributed by atoms with Gasteiger partial charge in [0, 0.05) is 29.1 Å². The molecule has 0 aliphatic heterocycles. The van der Waals surface area contributed by atoms with Gasteiger partial charge in [0.15, 0.2) is 34.5 Å². The van der Waals surface area contributed by atoms with E-state index in [0.29, 0.717) is 34.8 Å². The molecule has 0 saturated heterocycles. The van der Waals surface area contributed by atoms with E-state index in [9.17, 15) is 43.0 Å². The Morgan fingerprint density at radius 1 is 0.714 bits per heavy atom. The van der Waals surface area contributed by atoms with Crippen molar-refractivity contribution in [3.05, 3.63) is 77.9 Å². The maximum Gasteiger partial charge on any atom is 0.522 e. The molecule has 4 rings (SSSR count). The maximum absolute atomic E-state index is 12.5. The number of phenolic OH excluding ortho intramolecular Hbond substituents is 4. The van der Waals surface area contributed by atoms with Gasteiger partial charge in [-0.2, -0.15) is 9.62 Å². The largest absolute Gasteiger partial charge is 0.522 e. The van der Waals surface area contributed by atoms with E-state index in [1.165, 1.54) is 30.3 Å². The minimum absolute atomic E-state index is 0.0515. The van der Waals surface area contributed by atoms with E-state index in [2.05, 4.69) is 15.4 Å². The van der Waals surface area contributed by atoms with Gasteiger partial charge in [-0.25, -0.2) is 8.42 Å². The molecule has 18 heteroatoms. The molecule has 0 bridgehead atoms. The van der Waals surface area contributed by atoms with Crippen molar-refractivity contribution in [2.45, 2.75) is 17.1 Å². The molecular weight excluding hydrogens is 701 g/mol. The lowest BCUT2D eigenvalue weighted by Crippen LogP contribution is -2.25. The third-order valence-electron chi connectivity index (χ3n) is 6.67.